The molecule has 1 N–H and O–H groups in total. The van der Waals surface area contributed by atoms with Crippen LogP contribution in [0.4, 0.5) is 0 Å². The van der Waals surface area contributed by atoms with Crippen molar-refractivity contribution < 1.29 is 17.7 Å². The van der Waals surface area contributed by atoms with Gasteiger partial charge in [0, 0.05) is 0 Å². The van der Waals surface area contributed by atoms with Gasteiger partial charge in [-0.3, -0.25) is 0 Å². The summed E-state index contributed by atoms with van der Waals surface area (Å²) in [6, 6.07) is 17.8. The summed E-state index contributed by atoms with van der Waals surface area (Å²) >= 11 is 0. The molecule has 0 radical (unpaired) electrons. The lowest BCUT2D eigenvalue weighted by Crippen LogP contribution is -2.09. The zero-order chi connectivity index (χ0) is 14.9. The fourth-order valence-electron chi connectivity index (χ4n) is 2.00. The number of hydrogen-bond acceptors (Lipinski definition) is 4. The van der Waals surface area contributed by atoms with Gasteiger partial charge in [-0.05, 0) is 47.2 Å². The number of hydrogen-bond donors (Lipinski definition) is 1. The minimum Gasteiger partial charge on any atom is -0.508 e. The molecule has 3 rings (SSSR count). The Bertz CT molecular complexity index is 884. The van der Waals surface area contributed by atoms with Gasteiger partial charge in [-0.15, -0.1) is 0 Å². The molecule has 0 saturated carbocycles. The maximum atomic E-state index is 12.2. The first-order chi connectivity index (χ1) is 10.0. The van der Waals surface area contributed by atoms with Crippen LogP contribution in [0.5, 0.6) is 11.5 Å². The molecule has 0 spiro atoms. The summed E-state index contributed by atoms with van der Waals surface area (Å²) in [6.07, 6.45) is 0. The summed E-state index contributed by atoms with van der Waals surface area (Å²) in [5, 5.41) is 11.0. The van der Waals surface area contributed by atoms with Gasteiger partial charge in [0.1, 0.15) is 16.4 Å². The van der Waals surface area contributed by atoms with Gasteiger partial charge in [0.25, 0.3) is 0 Å². The first-order valence-corrected chi connectivity index (χ1v) is 7.68. The molecule has 0 atom stereocenters. The minimum atomic E-state index is -3.90. The first kappa shape index (κ1) is 13.5. The molecule has 0 bridgehead atoms. The Balaban J connectivity index is 1.97. The van der Waals surface area contributed by atoms with Gasteiger partial charge >= 0.3 is 10.1 Å². The molecule has 3 aromatic carbocycles. The average molecular weight is 300 g/mol. The lowest BCUT2D eigenvalue weighted by Gasteiger charge is -2.08. The van der Waals surface area contributed by atoms with E-state index >= 15 is 0 Å². The minimum absolute atomic E-state index is 0.0467. The standard InChI is InChI=1S/C16H12O4S/c17-14-6-8-15(9-7-14)20-21(18,19)16-10-5-12-3-1-2-4-13(12)11-16/h1-11,17H. The third-order valence-corrected chi connectivity index (χ3v) is 4.30. The van der Waals surface area contributed by atoms with Gasteiger partial charge < -0.3 is 9.29 Å². The van der Waals surface area contributed by atoms with Crippen LogP contribution in [0.25, 0.3) is 10.8 Å². The van der Waals surface area contributed by atoms with Crippen molar-refractivity contribution in [2.45, 2.75) is 4.90 Å². The highest BCUT2D eigenvalue weighted by molar-refractivity contribution is 7.87. The predicted molar refractivity (Wildman–Crippen MR) is 79.9 cm³/mol. The van der Waals surface area contributed by atoms with Crippen molar-refractivity contribution in [3.8, 4) is 11.5 Å². The second kappa shape index (κ2) is 5.10. The number of rotatable bonds is 3. The second-order valence-electron chi connectivity index (χ2n) is 4.54. The zero-order valence-electron chi connectivity index (χ0n) is 10.9. The van der Waals surface area contributed by atoms with Crippen LogP contribution in [0.3, 0.4) is 0 Å². The maximum absolute atomic E-state index is 12.2. The highest BCUT2D eigenvalue weighted by atomic mass is 32.2. The van der Waals surface area contributed by atoms with E-state index in [1.807, 2.05) is 24.3 Å². The predicted octanol–water partition coefficient (Wildman–Crippen LogP) is 3.31. The topological polar surface area (TPSA) is 63.6 Å². The van der Waals surface area contributed by atoms with Gasteiger partial charge in [0.05, 0.1) is 0 Å². The monoisotopic (exact) mass is 300 g/mol. The van der Waals surface area contributed by atoms with Crippen molar-refractivity contribution in [1.82, 2.24) is 0 Å². The van der Waals surface area contributed by atoms with E-state index < -0.39 is 10.1 Å². The molecule has 106 valence electrons. The van der Waals surface area contributed by atoms with Crippen molar-refractivity contribution in [3.63, 3.8) is 0 Å². The Morgan fingerprint density at radius 3 is 2.19 bits per heavy atom. The van der Waals surface area contributed by atoms with Crippen molar-refractivity contribution in [2.24, 2.45) is 0 Å². The lowest BCUT2D eigenvalue weighted by molar-refractivity contribution is 0.468. The molecule has 0 saturated heterocycles. The maximum Gasteiger partial charge on any atom is 0.339 e. The van der Waals surface area contributed by atoms with Gasteiger partial charge in [-0.1, -0.05) is 30.3 Å². The molecule has 0 unspecified atom stereocenters. The Labute approximate surface area is 122 Å². The van der Waals surface area contributed by atoms with E-state index in [1.54, 1.807) is 12.1 Å². The quantitative estimate of drug-likeness (QED) is 0.754. The van der Waals surface area contributed by atoms with Crippen molar-refractivity contribution in [3.05, 3.63) is 66.7 Å². The van der Waals surface area contributed by atoms with Gasteiger partial charge in [0.15, 0.2) is 0 Å². The third kappa shape index (κ3) is 2.83. The molecule has 0 aromatic heterocycles. The van der Waals surface area contributed by atoms with Crippen molar-refractivity contribution >= 4 is 20.9 Å². The fraction of sp³-hybridized carbons (Fsp3) is 0. The molecular weight excluding hydrogens is 288 g/mol. The number of phenols is 1. The second-order valence-corrected chi connectivity index (χ2v) is 6.09. The summed E-state index contributed by atoms with van der Waals surface area (Å²) in [6.45, 7) is 0. The van der Waals surface area contributed by atoms with E-state index in [0.29, 0.717) is 0 Å². The number of phenolic OH excluding ortho intramolecular Hbond substituents is 1. The van der Waals surface area contributed by atoms with Crippen LogP contribution in [0, 0.1) is 0 Å². The van der Waals surface area contributed by atoms with Gasteiger partial charge in [0.2, 0.25) is 0 Å². The van der Waals surface area contributed by atoms with Crippen LogP contribution in [-0.4, -0.2) is 13.5 Å². The highest BCUT2D eigenvalue weighted by Gasteiger charge is 2.17. The van der Waals surface area contributed by atoms with Crippen molar-refractivity contribution in [2.75, 3.05) is 0 Å². The molecular formula is C16H12O4S. The molecule has 0 aliphatic carbocycles. The number of fused-ring (bicyclic) bond motifs is 1. The molecule has 4 nitrogen and oxygen atoms in total. The van der Waals surface area contributed by atoms with Gasteiger partial charge in [-0.2, -0.15) is 8.42 Å². The van der Waals surface area contributed by atoms with Crippen LogP contribution in [0.2, 0.25) is 0 Å². The molecule has 21 heavy (non-hydrogen) atoms. The van der Waals surface area contributed by atoms with Crippen LogP contribution in [0.1, 0.15) is 0 Å². The SMILES string of the molecule is O=S(=O)(Oc1ccc(O)cc1)c1ccc2ccccc2c1. The third-order valence-electron chi connectivity index (χ3n) is 3.05. The van der Waals surface area contributed by atoms with Gasteiger partial charge in [-0.25, -0.2) is 0 Å². The molecule has 3 aromatic rings. The van der Waals surface area contributed by atoms with Crippen LogP contribution in [-0.2, 0) is 10.1 Å². The summed E-state index contributed by atoms with van der Waals surface area (Å²) < 4.78 is 29.5. The summed E-state index contributed by atoms with van der Waals surface area (Å²) in [4.78, 5) is 0.0919. The number of benzene rings is 3. The van der Waals surface area contributed by atoms with E-state index in [0.717, 1.165) is 10.8 Å². The summed E-state index contributed by atoms with van der Waals surface area (Å²) in [5.41, 5.74) is 0. The van der Waals surface area contributed by atoms with Crippen LogP contribution < -0.4 is 4.18 Å². The molecule has 0 aliphatic rings. The zero-order valence-corrected chi connectivity index (χ0v) is 11.7. The van der Waals surface area contributed by atoms with Crippen molar-refractivity contribution in [1.29, 1.82) is 0 Å². The van der Waals surface area contributed by atoms with E-state index in [4.69, 9.17) is 4.18 Å². The summed E-state index contributed by atoms with van der Waals surface area (Å²) in [5.74, 6) is 0.200. The highest BCUT2D eigenvalue weighted by Crippen LogP contribution is 2.23. The average Bonchev–Trinajstić information content (AvgIpc) is 2.49. The Morgan fingerprint density at radius 2 is 1.48 bits per heavy atom. The number of aromatic hydroxyl groups is 1. The summed E-state index contributed by atoms with van der Waals surface area (Å²) in [7, 11) is -3.90. The van der Waals surface area contributed by atoms with E-state index in [1.165, 1.54) is 30.3 Å². The normalized spacial score (nSPS) is 11.4. The molecule has 5 heteroatoms. The Kier molecular flexibility index (Phi) is 3.27. The Hall–Kier alpha value is -2.53. The smallest absolute Gasteiger partial charge is 0.339 e. The molecule has 0 fully saturated rings. The van der Waals surface area contributed by atoms with E-state index in [2.05, 4.69) is 0 Å². The molecule has 0 aliphatic heterocycles. The first-order valence-electron chi connectivity index (χ1n) is 6.27. The molecule has 0 amide bonds. The fourth-order valence-corrected chi connectivity index (χ4v) is 2.97. The van der Waals surface area contributed by atoms with E-state index in [-0.39, 0.29) is 16.4 Å². The lowest BCUT2D eigenvalue weighted by atomic mass is 10.1. The Morgan fingerprint density at radius 1 is 0.810 bits per heavy atom. The van der Waals surface area contributed by atoms with E-state index in [9.17, 15) is 13.5 Å². The largest absolute Gasteiger partial charge is 0.508 e. The van der Waals surface area contributed by atoms with Crippen LogP contribution in [0.15, 0.2) is 71.6 Å². The van der Waals surface area contributed by atoms with Crippen LogP contribution >= 0.6 is 0 Å². The molecule has 0 heterocycles.